The first-order chi connectivity index (χ1) is 13.1. The Bertz CT molecular complexity index is 1090. The Kier molecular flexibility index (Phi) is 4.25. The van der Waals surface area contributed by atoms with Crippen LogP contribution in [0.4, 0.5) is 17.2 Å². The summed E-state index contributed by atoms with van der Waals surface area (Å²) in [6.45, 7) is 3.77. The molecule has 0 aliphatic heterocycles. The van der Waals surface area contributed by atoms with Gasteiger partial charge in [-0.1, -0.05) is 36.4 Å². The second kappa shape index (κ2) is 6.87. The molecular formula is C20H19N7. The number of hydrogen-bond acceptors (Lipinski definition) is 5. The molecule has 0 unspecified atom stereocenters. The van der Waals surface area contributed by atoms with Crippen LogP contribution >= 0.6 is 0 Å². The molecule has 0 radical (unpaired) electrons. The molecule has 0 amide bonds. The zero-order chi connectivity index (χ0) is 18.8. The zero-order valence-corrected chi connectivity index (χ0v) is 15.1. The number of benzene rings is 2. The molecule has 0 bridgehead atoms. The van der Waals surface area contributed by atoms with Gasteiger partial charge < -0.3 is 5.73 Å². The van der Waals surface area contributed by atoms with Crippen LogP contribution in [-0.2, 0) is 0 Å². The number of nitrogens with zero attached hydrogens (tertiary/aromatic N) is 6. The molecule has 7 nitrogen and oxygen atoms in total. The maximum Gasteiger partial charge on any atom is 0.155 e. The summed E-state index contributed by atoms with van der Waals surface area (Å²) in [5, 5.41) is 17.7. The van der Waals surface area contributed by atoms with E-state index in [1.165, 1.54) is 0 Å². The van der Waals surface area contributed by atoms with Gasteiger partial charge in [-0.05, 0) is 38.1 Å². The molecule has 2 aromatic heterocycles. The van der Waals surface area contributed by atoms with E-state index in [-0.39, 0.29) is 0 Å². The Morgan fingerprint density at radius 2 is 1.41 bits per heavy atom. The normalized spacial score (nSPS) is 11.3. The molecule has 2 heterocycles. The van der Waals surface area contributed by atoms with Crippen molar-refractivity contribution in [3.63, 3.8) is 0 Å². The van der Waals surface area contributed by atoms with Gasteiger partial charge in [-0.25, -0.2) is 9.36 Å². The molecule has 0 atom stereocenters. The first kappa shape index (κ1) is 16.7. The molecule has 0 aliphatic rings. The maximum atomic E-state index is 6.26. The Balaban J connectivity index is 1.66. The Morgan fingerprint density at radius 3 is 2.07 bits per heavy atom. The average molecular weight is 357 g/mol. The van der Waals surface area contributed by atoms with Crippen LogP contribution in [0.15, 0.2) is 77.1 Å². The monoisotopic (exact) mass is 357 g/mol. The molecule has 0 saturated heterocycles. The van der Waals surface area contributed by atoms with Gasteiger partial charge in [0.25, 0.3) is 0 Å². The van der Waals surface area contributed by atoms with Crippen LogP contribution in [0, 0.1) is 13.8 Å². The fraction of sp³-hybridized carbons (Fsp3) is 0.100. The van der Waals surface area contributed by atoms with E-state index in [1.54, 1.807) is 9.36 Å². The highest BCUT2D eigenvalue weighted by molar-refractivity contribution is 5.64. The van der Waals surface area contributed by atoms with E-state index in [4.69, 9.17) is 5.73 Å². The number of hydrogen-bond donors (Lipinski definition) is 1. The molecule has 4 rings (SSSR count). The molecule has 0 spiro atoms. The van der Waals surface area contributed by atoms with E-state index in [0.717, 1.165) is 17.1 Å². The summed E-state index contributed by atoms with van der Waals surface area (Å²) in [5.74, 6) is 0.454. The third-order valence-electron chi connectivity index (χ3n) is 4.22. The predicted molar refractivity (Wildman–Crippen MR) is 105 cm³/mol. The lowest BCUT2D eigenvalue weighted by atomic mass is 10.3. The van der Waals surface area contributed by atoms with Crippen LogP contribution in [0.2, 0.25) is 0 Å². The van der Waals surface area contributed by atoms with Gasteiger partial charge in [0.1, 0.15) is 5.69 Å². The summed E-state index contributed by atoms with van der Waals surface area (Å²) in [6, 6.07) is 19.6. The summed E-state index contributed by atoms with van der Waals surface area (Å²) in [6.07, 6.45) is 1.85. The summed E-state index contributed by atoms with van der Waals surface area (Å²) < 4.78 is 3.46. The SMILES string of the molecule is Cc1nn(-c2ccccc2)cc1N=Nc1c(C)nn(-c2ccccc2)c1N. The maximum absolute atomic E-state index is 6.26. The van der Waals surface area contributed by atoms with Crippen LogP contribution in [0.25, 0.3) is 11.4 Å². The molecule has 2 aromatic carbocycles. The summed E-state index contributed by atoms with van der Waals surface area (Å²) in [4.78, 5) is 0. The van der Waals surface area contributed by atoms with E-state index in [0.29, 0.717) is 22.9 Å². The molecule has 0 fully saturated rings. The van der Waals surface area contributed by atoms with E-state index >= 15 is 0 Å². The van der Waals surface area contributed by atoms with Crippen molar-refractivity contribution in [1.82, 2.24) is 19.6 Å². The molecule has 4 aromatic rings. The lowest BCUT2D eigenvalue weighted by Crippen LogP contribution is -2.01. The zero-order valence-electron chi connectivity index (χ0n) is 15.1. The number of azo groups is 1. The van der Waals surface area contributed by atoms with Crippen molar-refractivity contribution in [2.75, 3.05) is 5.73 Å². The van der Waals surface area contributed by atoms with Crippen molar-refractivity contribution in [2.24, 2.45) is 10.2 Å². The molecule has 27 heavy (non-hydrogen) atoms. The highest BCUT2D eigenvalue weighted by Crippen LogP contribution is 2.31. The van der Waals surface area contributed by atoms with E-state index in [9.17, 15) is 0 Å². The fourth-order valence-corrected chi connectivity index (χ4v) is 2.79. The Labute approximate surface area is 156 Å². The summed E-state index contributed by atoms with van der Waals surface area (Å²) in [5.41, 5.74) is 10.9. The highest BCUT2D eigenvalue weighted by atomic mass is 15.3. The van der Waals surface area contributed by atoms with Crippen molar-refractivity contribution >= 4 is 17.2 Å². The van der Waals surface area contributed by atoms with Gasteiger partial charge in [0, 0.05) is 0 Å². The van der Waals surface area contributed by atoms with Gasteiger partial charge in [-0.15, -0.1) is 10.2 Å². The molecular weight excluding hydrogens is 338 g/mol. The van der Waals surface area contributed by atoms with Crippen LogP contribution in [0.5, 0.6) is 0 Å². The predicted octanol–water partition coefficient (Wildman–Crippen LogP) is 4.67. The van der Waals surface area contributed by atoms with Gasteiger partial charge in [0.15, 0.2) is 11.5 Å². The Hall–Kier alpha value is -3.74. The number of aromatic nitrogens is 4. The second-order valence-corrected chi connectivity index (χ2v) is 6.15. The van der Waals surface area contributed by atoms with E-state index < -0.39 is 0 Å². The van der Waals surface area contributed by atoms with Gasteiger partial charge >= 0.3 is 0 Å². The van der Waals surface area contributed by atoms with Crippen molar-refractivity contribution in [3.05, 3.63) is 78.2 Å². The molecule has 7 heteroatoms. The second-order valence-electron chi connectivity index (χ2n) is 6.15. The quantitative estimate of drug-likeness (QED) is 0.538. The molecule has 134 valence electrons. The van der Waals surface area contributed by atoms with Crippen molar-refractivity contribution in [3.8, 4) is 11.4 Å². The lowest BCUT2D eigenvalue weighted by Gasteiger charge is -2.02. The first-order valence-electron chi connectivity index (χ1n) is 8.57. The van der Waals surface area contributed by atoms with Crippen LogP contribution in [-0.4, -0.2) is 19.6 Å². The van der Waals surface area contributed by atoms with Gasteiger partial charge in [-0.3, -0.25) is 0 Å². The minimum atomic E-state index is 0.454. The van der Waals surface area contributed by atoms with Gasteiger partial charge in [-0.2, -0.15) is 10.2 Å². The largest absolute Gasteiger partial charge is 0.382 e. The fourth-order valence-electron chi connectivity index (χ4n) is 2.79. The number of para-hydroxylation sites is 2. The number of rotatable bonds is 4. The lowest BCUT2D eigenvalue weighted by molar-refractivity contribution is 0.863. The van der Waals surface area contributed by atoms with Crippen molar-refractivity contribution in [2.45, 2.75) is 13.8 Å². The number of nitrogen functional groups attached to an aromatic ring is 1. The van der Waals surface area contributed by atoms with Crippen LogP contribution in [0.3, 0.4) is 0 Å². The number of aryl methyl sites for hydroxylation is 2. The van der Waals surface area contributed by atoms with Crippen molar-refractivity contribution in [1.29, 1.82) is 0 Å². The minimum Gasteiger partial charge on any atom is -0.382 e. The summed E-state index contributed by atoms with van der Waals surface area (Å²) >= 11 is 0. The number of anilines is 1. The van der Waals surface area contributed by atoms with Crippen LogP contribution in [0.1, 0.15) is 11.4 Å². The van der Waals surface area contributed by atoms with Crippen LogP contribution < -0.4 is 5.73 Å². The third-order valence-corrected chi connectivity index (χ3v) is 4.22. The molecule has 0 saturated carbocycles. The number of nitrogens with two attached hydrogens (primary N) is 1. The Morgan fingerprint density at radius 1 is 0.778 bits per heavy atom. The van der Waals surface area contributed by atoms with Gasteiger partial charge in [0.05, 0.1) is 29.0 Å². The topological polar surface area (TPSA) is 86.4 Å². The average Bonchev–Trinajstić information content (AvgIpc) is 3.21. The molecule has 0 aliphatic carbocycles. The third kappa shape index (κ3) is 3.22. The van der Waals surface area contributed by atoms with E-state index in [1.807, 2.05) is 80.7 Å². The first-order valence-corrected chi connectivity index (χ1v) is 8.57. The van der Waals surface area contributed by atoms with Crippen molar-refractivity contribution < 1.29 is 0 Å². The van der Waals surface area contributed by atoms with Gasteiger partial charge in [0.2, 0.25) is 0 Å². The summed E-state index contributed by atoms with van der Waals surface area (Å²) in [7, 11) is 0. The standard InChI is InChI=1S/C20H19N7/c1-14-18(13-26(24-14)16-9-5-3-6-10-16)22-23-19-15(2)25-27(20(19)21)17-11-7-4-8-12-17/h3-13H,21H2,1-2H3. The minimum absolute atomic E-state index is 0.454. The highest BCUT2D eigenvalue weighted by Gasteiger charge is 2.14. The smallest absolute Gasteiger partial charge is 0.155 e. The van der Waals surface area contributed by atoms with E-state index in [2.05, 4.69) is 20.4 Å². The molecule has 2 N–H and O–H groups in total.